The van der Waals surface area contributed by atoms with Crippen molar-refractivity contribution >= 4 is 17.4 Å². The standard InChI is InChI=1S/C24H23NO3/c25-22-14-12-19(13-15-22)18-8-10-20(11-9-18)23(26)16-21(24(27)28)7-6-17-4-2-1-3-5-17/h1-5,8-15,21H,6-7,16,25H2,(H,27,28). The minimum absolute atomic E-state index is 0.00336. The molecular weight excluding hydrogens is 350 g/mol. The van der Waals surface area contributed by atoms with Crippen molar-refractivity contribution in [2.45, 2.75) is 19.3 Å². The van der Waals surface area contributed by atoms with Gasteiger partial charge in [-0.2, -0.15) is 0 Å². The number of hydrogen-bond donors (Lipinski definition) is 2. The fourth-order valence-electron chi connectivity index (χ4n) is 3.16. The van der Waals surface area contributed by atoms with Gasteiger partial charge >= 0.3 is 5.97 Å². The molecule has 0 saturated carbocycles. The lowest BCUT2D eigenvalue weighted by Crippen LogP contribution is -2.19. The Morgan fingerprint density at radius 2 is 1.39 bits per heavy atom. The summed E-state index contributed by atoms with van der Waals surface area (Å²) in [6.07, 6.45) is 1.08. The Kier molecular flexibility index (Phi) is 6.22. The number of rotatable bonds is 8. The zero-order valence-corrected chi connectivity index (χ0v) is 15.5. The van der Waals surface area contributed by atoms with Crippen LogP contribution in [0.15, 0.2) is 78.9 Å². The van der Waals surface area contributed by atoms with E-state index in [4.69, 9.17) is 5.73 Å². The van der Waals surface area contributed by atoms with Gasteiger partial charge < -0.3 is 10.8 Å². The minimum atomic E-state index is -0.928. The third-order valence-corrected chi connectivity index (χ3v) is 4.86. The molecule has 3 aromatic carbocycles. The van der Waals surface area contributed by atoms with Gasteiger partial charge in [0.2, 0.25) is 0 Å². The molecule has 0 amide bonds. The van der Waals surface area contributed by atoms with Crippen molar-refractivity contribution in [1.29, 1.82) is 0 Å². The van der Waals surface area contributed by atoms with Crippen LogP contribution in [-0.2, 0) is 11.2 Å². The first-order valence-electron chi connectivity index (χ1n) is 9.29. The molecule has 0 bridgehead atoms. The third kappa shape index (κ3) is 5.07. The number of anilines is 1. The van der Waals surface area contributed by atoms with E-state index in [0.29, 0.717) is 24.1 Å². The van der Waals surface area contributed by atoms with E-state index in [-0.39, 0.29) is 12.2 Å². The number of aryl methyl sites for hydroxylation is 1. The second-order valence-corrected chi connectivity index (χ2v) is 6.89. The third-order valence-electron chi connectivity index (χ3n) is 4.86. The SMILES string of the molecule is Nc1ccc(-c2ccc(C(=O)CC(CCc3ccccc3)C(=O)O)cc2)cc1. The average Bonchev–Trinajstić information content (AvgIpc) is 2.72. The summed E-state index contributed by atoms with van der Waals surface area (Å²) in [4.78, 5) is 24.2. The number of aliphatic carboxylic acids is 1. The molecule has 0 aliphatic heterocycles. The molecule has 3 aromatic rings. The monoisotopic (exact) mass is 373 g/mol. The highest BCUT2D eigenvalue weighted by atomic mass is 16.4. The summed E-state index contributed by atoms with van der Waals surface area (Å²) in [7, 11) is 0. The van der Waals surface area contributed by atoms with E-state index < -0.39 is 11.9 Å². The average molecular weight is 373 g/mol. The first-order valence-corrected chi connectivity index (χ1v) is 9.29. The van der Waals surface area contributed by atoms with Gasteiger partial charge in [0.1, 0.15) is 0 Å². The first-order chi connectivity index (χ1) is 13.5. The van der Waals surface area contributed by atoms with E-state index in [9.17, 15) is 14.7 Å². The highest BCUT2D eigenvalue weighted by Gasteiger charge is 2.22. The molecule has 3 N–H and O–H groups in total. The predicted octanol–water partition coefficient (Wildman–Crippen LogP) is 4.84. The second kappa shape index (κ2) is 9.00. The van der Waals surface area contributed by atoms with Crippen LogP contribution in [0.2, 0.25) is 0 Å². The molecule has 0 radical (unpaired) electrons. The predicted molar refractivity (Wildman–Crippen MR) is 111 cm³/mol. The lowest BCUT2D eigenvalue weighted by molar-refractivity contribution is -0.141. The van der Waals surface area contributed by atoms with E-state index >= 15 is 0 Å². The zero-order chi connectivity index (χ0) is 19.9. The molecule has 142 valence electrons. The summed E-state index contributed by atoms with van der Waals surface area (Å²) in [5.41, 5.74) is 10.0. The van der Waals surface area contributed by atoms with Crippen LogP contribution in [-0.4, -0.2) is 16.9 Å². The maximum absolute atomic E-state index is 12.6. The van der Waals surface area contributed by atoms with Crippen molar-refractivity contribution in [3.63, 3.8) is 0 Å². The van der Waals surface area contributed by atoms with Crippen molar-refractivity contribution < 1.29 is 14.7 Å². The molecule has 0 saturated heterocycles. The van der Waals surface area contributed by atoms with E-state index in [1.54, 1.807) is 12.1 Å². The number of carboxylic acids is 1. The first kappa shape index (κ1) is 19.4. The van der Waals surface area contributed by atoms with Crippen molar-refractivity contribution in [1.82, 2.24) is 0 Å². The maximum Gasteiger partial charge on any atom is 0.306 e. The molecule has 0 spiro atoms. The normalized spacial score (nSPS) is 11.7. The smallest absolute Gasteiger partial charge is 0.306 e. The quantitative estimate of drug-likeness (QED) is 0.437. The Hall–Kier alpha value is -3.40. The van der Waals surface area contributed by atoms with Gasteiger partial charge in [0.25, 0.3) is 0 Å². The fraction of sp³-hybridized carbons (Fsp3) is 0.167. The molecule has 0 heterocycles. The van der Waals surface area contributed by atoms with Crippen LogP contribution in [0.1, 0.15) is 28.8 Å². The number of ketones is 1. The Balaban J connectivity index is 1.64. The summed E-state index contributed by atoms with van der Waals surface area (Å²) in [6.45, 7) is 0. The van der Waals surface area contributed by atoms with Gasteiger partial charge in [-0.3, -0.25) is 9.59 Å². The molecule has 0 aromatic heterocycles. The molecule has 0 aliphatic carbocycles. The summed E-state index contributed by atoms with van der Waals surface area (Å²) < 4.78 is 0. The minimum Gasteiger partial charge on any atom is -0.481 e. The molecule has 1 atom stereocenters. The lowest BCUT2D eigenvalue weighted by atomic mass is 9.92. The largest absolute Gasteiger partial charge is 0.481 e. The number of benzene rings is 3. The number of nitrogen functional groups attached to an aromatic ring is 1. The molecule has 1 unspecified atom stereocenters. The summed E-state index contributed by atoms with van der Waals surface area (Å²) in [6, 6.07) is 24.5. The van der Waals surface area contributed by atoms with Gasteiger partial charge in [-0.25, -0.2) is 0 Å². The number of carbonyl (C=O) groups is 2. The molecule has 4 nitrogen and oxygen atoms in total. The number of Topliss-reactive ketones (excluding diaryl/α,β-unsaturated/α-hetero) is 1. The molecule has 28 heavy (non-hydrogen) atoms. The van der Waals surface area contributed by atoms with E-state index in [0.717, 1.165) is 16.7 Å². The topological polar surface area (TPSA) is 80.4 Å². The molecule has 0 aliphatic rings. The van der Waals surface area contributed by atoms with Crippen LogP contribution in [0, 0.1) is 5.92 Å². The van der Waals surface area contributed by atoms with E-state index in [1.165, 1.54) is 0 Å². The van der Waals surface area contributed by atoms with Crippen molar-refractivity contribution in [3.8, 4) is 11.1 Å². The highest BCUT2D eigenvalue weighted by molar-refractivity contribution is 5.98. The van der Waals surface area contributed by atoms with Crippen LogP contribution < -0.4 is 5.73 Å². The maximum atomic E-state index is 12.6. The Morgan fingerprint density at radius 1 is 0.821 bits per heavy atom. The van der Waals surface area contributed by atoms with Crippen LogP contribution in [0.5, 0.6) is 0 Å². The zero-order valence-electron chi connectivity index (χ0n) is 15.5. The van der Waals surface area contributed by atoms with E-state index in [1.807, 2.05) is 66.7 Å². The van der Waals surface area contributed by atoms with Gasteiger partial charge in [0.15, 0.2) is 5.78 Å². The number of carboxylic acid groups (broad SMARTS) is 1. The van der Waals surface area contributed by atoms with Gasteiger partial charge in [0, 0.05) is 17.7 Å². The fourth-order valence-corrected chi connectivity index (χ4v) is 3.16. The second-order valence-electron chi connectivity index (χ2n) is 6.89. The summed E-state index contributed by atoms with van der Waals surface area (Å²) >= 11 is 0. The van der Waals surface area contributed by atoms with Crippen molar-refractivity contribution in [2.24, 2.45) is 5.92 Å². The van der Waals surface area contributed by atoms with Crippen LogP contribution in [0.25, 0.3) is 11.1 Å². The number of hydrogen-bond acceptors (Lipinski definition) is 3. The molecule has 3 rings (SSSR count). The number of carbonyl (C=O) groups excluding carboxylic acids is 1. The Morgan fingerprint density at radius 3 is 1.96 bits per heavy atom. The Labute approximate surface area is 164 Å². The lowest BCUT2D eigenvalue weighted by Gasteiger charge is -2.12. The molecule has 4 heteroatoms. The van der Waals surface area contributed by atoms with Gasteiger partial charge in [-0.15, -0.1) is 0 Å². The number of nitrogens with two attached hydrogens (primary N) is 1. The van der Waals surface area contributed by atoms with Gasteiger partial charge in [-0.05, 0) is 41.7 Å². The van der Waals surface area contributed by atoms with Gasteiger partial charge in [0.05, 0.1) is 5.92 Å². The Bertz CT molecular complexity index is 932. The van der Waals surface area contributed by atoms with Crippen LogP contribution in [0.4, 0.5) is 5.69 Å². The summed E-state index contributed by atoms with van der Waals surface area (Å²) in [5.74, 6) is -1.77. The molecular formula is C24H23NO3. The molecule has 0 fully saturated rings. The summed E-state index contributed by atoms with van der Waals surface area (Å²) in [5, 5.41) is 9.50. The van der Waals surface area contributed by atoms with E-state index in [2.05, 4.69) is 0 Å². The van der Waals surface area contributed by atoms with Crippen molar-refractivity contribution in [3.05, 3.63) is 90.0 Å². The van der Waals surface area contributed by atoms with Crippen LogP contribution in [0.3, 0.4) is 0 Å². The van der Waals surface area contributed by atoms with Crippen molar-refractivity contribution in [2.75, 3.05) is 5.73 Å². The van der Waals surface area contributed by atoms with Crippen LogP contribution >= 0.6 is 0 Å². The van der Waals surface area contributed by atoms with Gasteiger partial charge in [-0.1, -0.05) is 66.7 Å². The highest BCUT2D eigenvalue weighted by Crippen LogP contribution is 2.23.